The maximum absolute atomic E-state index is 10.9. The topological polar surface area (TPSA) is 107 Å². The summed E-state index contributed by atoms with van der Waals surface area (Å²) in [5, 5.41) is 17.1. The quantitative estimate of drug-likeness (QED) is 0.367. The molecule has 2 aliphatic rings. The molecular weight excluding hydrogens is 480 g/mol. The fraction of sp³-hybridized carbons (Fsp3) is 0.379. The van der Waals surface area contributed by atoms with Crippen molar-refractivity contribution >= 4 is 17.3 Å². The van der Waals surface area contributed by atoms with Crippen LogP contribution in [-0.2, 0) is 11.3 Å². The molecule has 1 saturated heterocycles. The van der Waals surface area contributed by atoms with Crippen molar-refractivity contribution in [3.63, 3.8) is 0 Å². The molecule has 4 aromatic rings. The molecule has 1 aliphatic carbocycles. The van der Waals surface area contributed by atoms with Crippen LogP contribution in [0.1, 0.15) is 38.3 Å². The fourth-order valence-electron chi connectivity index (χ4n) is 4.83. The third-order valence-electron chi connectivity index (χ3n) is 7.11. The van der Waals surface area contributed by atoms with E-state index >= 15 is 0 Å². The van der Waals surface area contributed by atoms with Crippen LogP contribution in [0, 0.1) is 0 Å². The number of nitrogens with zero attached hydrogens (tertiary/aromatic N) is 5. The molecule has 1 aliphatic heterocycles. The minimum Gasteiger partial charge on any atom is -0.439 e. The highest BCUT2D eigenvalue weighted by molar-refractivity contribution is 5.80. The van der Waals surface area contributed by atoms with E-state index in [9.17, 15) is 9.90 Å². The van der Waals surface area contributed by atoms with Crippen molar-refractivity contribution in [2.45, 2.75) is 44.8 Å². The molecule has 1 saturated carbocycles. The zero-order valence-electron chi connectivity index (χ0n) is 21.7. The number of ether oxygens (including phenoxy) is 1. The summed E-state index contributed by atoms with van der Waals surface area (Å²) in [6, 6.07) is 15.7. The van der Waals surface area contributed by atoms with Gasteiger partial charge in [0.05, 0.1) is 22.5 Å². The van der Waals surface area contributed by atoms with Gasteiger partial charge in [-0.2, -0.15) is 5.10 Å². The molecule has 1 amide bonds. The lowest BCUT2D eigenvalue weighted by molar-refractivity contribution is -0.119. The first kappa shape index (κ1) is 25.8. The van der Waals surface area contributed by atoms with Crippen LogP contribution in [0.25, 0.3) is 22.2 Å². The maximum Gasteiger partial charge on any atom is 0.219 e. The smallest absolute Gasteiger partial charge is 0.219 e. The number of rotatable bonds is 6. The Morgan fingerprint density at radius 2 is 1.87 bits per heavy atom. The number of aliphatic hydroxyl groups is 1. The molecule has 9 nitrogen and oxygen atoms in total. The Hall–Kier alpha value is -3.82. The average Bonchev–Trinajstić information content (AvgIpc) is 3.62. The van der Waals surface area contributed by atoms with E-state index in [4.69, 9.17) is 9.72 Å². The van der Waals surface area contributed by atoms with Gasteiger partial charge in [0.25, 0.3) is 0 Å². The van der Waals surface area contributed by atoms with Crippen LogP contribution in [0.15, 0.2) is 60.9 Å². The van der Waals surface area contributed by atoms with Crippen molar-refractivity contribution in [3.8, 4) is 22.9 Å². The molecule has 4 heterocycles. The lowest BCUT2D eigenvalue weighted by Crippen LogP contribution is -2.45. The molecule has 2 fully saturated rings. The Bertz CT molecular complexity index is 1320. The van der Waals surface area contributed by atoms with Gasteiger partial charge in [0.15, 0.2) is 0 Å². The van der Waals surface area contributed by atoms with Crippen LogP contribution in [0.5, 0.6) is 11.6 Å². The van der Waals surface area contributed by atoms with Gasteiger partial charge < -0.3 is 14.7 Å². The second-order valence-electron chi connectivity index (χ2n) is 10.2. The summed E-state index contributed by atoms with van der Waals surface area (Å²) in [4.78, 5) is 24.2. The summed E-state index contributed by atoms with van der Waals surface area (Å²) in [5.41, 5.74) is 3.51. The van der Waals surface area contributed by atoms with Crippen molar-refractivity contribution < 1.29 is 14.6 Å². The first-order valence-electron chi connectivity index (χ1n) is 13.1. The molecule has 0 unspecified atom stereocenters. The van der Waals surface area contributed by atoms with E-state index in [1.807, 2.05) is 48.2 Å². The fourth-order valence-corrected chi connectivity index (χ4v) is 4.83. The molecule has 198 valence electrons. The lowest BCUT2D eigenvalue weighted by atomic mass is 10.1. The number of piperazine rings is 1. The van der Waals surface area contributed by atoms with Crippen LogP contribution in [0.3, 0.4) is 0 Å². The number of hydrogen-bond acceptors (Lipinski definition) is 7. The largest absolute Gasteiger partial charge is 0.439 e. The molecule has 2 N–H and O–H groups in total. The molecule has 3 aromatic heterocycles. The molecule has 0 bridgehead atoms. The van der Waals surface area contributed by atoms with Gasteiger partial charge in [-0.15, -0.1) is 0 Å². The number of hydrogen-bond donors (Lipinski definition) is 2. The van der Waals surface area contributed by atoms with Crippen molar-refractivity contribution in [2.75, 3.05) is 26.2 Å². The van der Waals surface area contributed by atoms with E-state index in [2.05, 4.69) is 32.2 Å². The van der Waals surface area contributed by atoms with Crippen LogP contribution in [0.4, 0.5) is 0 Å². The summed E-state index contributed by atoms with van der Waals surface area (Å²) in [7, 11) is 0. The summed E-state index contributed by atoms with van der Waals surface area (Å²) < 4.78 is 5.93. The monoisotopic (exact) mass is 514 g/mol. The summed E-state index contributed by atoms with van der Waals surface area (Å²) in [6.45, 7) is 5.99. The van der Waals surface area contributed by atoms with Crippen LogP contribution in [0.2, 0.25) is 0 Å². The van der Waals surface area contributed by atoms with E-state index in [1.165, 1.54) is 12.8 Å². The number of H-pyrrole nitrogens is 1. The minimum atomic E-state index is -0.306. The molecule has 38 heavy (non-hydrogen) atoms. The summed E-state index contributed by atoms with van der Waals surface area (Å²) in [6.07, 6.45) is 8.84. The summed E-state index contributed by atoms with van der Waals surface area (Å²) >= 11 is 0. The molecule has 0 radical (unpaired) electrons. The highest BCUT2D eigenvalue weighted by Crippen LogP contribution is 2.28. The molecule has 1 aromatic carbocycles. The molecule has 9 heteroatoms. The standard InChI is InChI=1S/C23H22N6O2.C6H12O/c30-16-29-11-9-28(10-12-29)15-19-3-1-17-13-20(4-5-21(17)26-19)31-23-6-2-18(14-24-23)22-7-8-25-27-22;1-6(7)4-2-3-5-6/h1-8,13-14,16H,9-12,15H2,(H,25,27);7H,2-5H2,1H3. The molecular formula is C29H34N6O3. The van der Waals surface area contributed by atoms with E-state index in [0.717, 1.165) is 79.8 Å². The van der Waals surface area contributed by atoms with Gasteiger partial charge in [-0.3, -0.25) is 19.8 Å². The van der Waals surface area contributed by atoms with E-state index in [-0.39, 0.29) is 5.60 Å². The van der Waals surface area contributed by atoms with Crippen molar-refractivity contribution in [1.29, 1.82) is 0 Å². The van der Waals surface area contributed by atoms with Crippen molar-refractivity contribution in [1.82, 2.24) is 30.0 Å². The number of carbonyl (C=O) groups excluding carboxylic acids is 1. The summed E-state index contributed by atoms with van der Waals surface area (Å²) in [5.74, 6) is 1.25. The maximum atomic E-state index is 10.9. The third-order valence-corrected chi connectivity index (χ3v) is 7.11. The first-order valence-corrected chi connectivity index (χ1v) is 13.1. The number of aromatic nitrogens is 4. The SMILES string of the molecule is CC1(O)CCCC1.O=CN1CCN(Cc2ccc3cc(Oc4ccc(-c5ccn[nH]5)cn4)ccc3n2)CC1. The number of nitrogens with one attached hydrogen (secondary N) is 1. The first-order chi connectivity index (χ1) is 18.5. The Morgan fingerprint density at radius 3 is 2.50 bits per heavy atom. The predicted octanol–water partition coefficient (Wildman–Crippen LogP) is 4.40. The number of fused-ring (bicyclic) bond motifs is 1. The van der Waals surface area contributed by atoms with E-state index in [1.54, 1.807) is 12.4 Å². The molecule has 6 rings (SSSR count). The number of aromatic amines is 1. The van der Waals surface area contributed by atoms with Crippen LogP contribution in [-0.4, -0.2) is 73.3 Å². The highest BCUT2D eigenvalue weighted by Gasteiger charge is 2.24. The Kier molecular flexibility index (Phi) is 7.95. The lowest BCUT2D eigenvalue weighted by Gasteiger charge is -2.32. The van der Waals surface area contributed by atoms with Gasteiger partial charge in [0, 0.05) is 62.1 Å². The van der Waals surface area contributed by atoms with Crippen LogP contribution >= 0.6 is 0 Å². The zero-order valence-corrected chi connectivity index (χ0v) is 21.7. The predicted molar refractivity (Wildman–Crippen MR) is 146 cm³/mol. The Labute approximate surface area is 222 Å². The van der Waals surface area contributed by atoms with Gasteiger partial charge in [-0.1, -0.05) is 18.9 Å². The van der Waals surface area contributed by atoms with Crippen molar-refractivity contribution in [3.05, 3.63) is 66.6 Å². The normalized spacial score (nSPS) is 17.2. The van der Waals surface area contributed by atoms with Gasteiger partial charge in [-0.05, 0) is 56.2 Å². The van der Waals surface area contributed by atoms with E-state index < -0.39 is 0 Å². The van der Waals surface area contributed by atoms with Gasteiger partial charge in [0.1, 0.15) is 5.75 Å². The average molecular weight is 515 g/mol. The second-order valence-corrected chi connectivity index (χ2v) is 10.2. The van der Waals surface area contributed by atoms with Gasteiger partial charge >= 0.3 is 0 Å². The molecule has 0 spiro atoms. The second kappa shape index (κ2) is 11.7. The Morgan fingerprint density at radius 1 is 1.05 bits per heavy atom. The number of amides is 1. The van der Waals surface area contributed by atoms with Crippen molar-refractivity contribution in [2.24, 2.45) is 0 Å². The van der Waals surface area contributed by atoms with E-state index in [0.29, 0.717) is 11.6 Å². The number of pyridine rings is 2. The van der Waals surface area contributed by atoms with Gasteiger partial charge in [-0.25, -0.2) is 4.98 Å². The number of carbonyl (C=O) groups is 1. The highest BCUT2D eigenvalue weighted by atomic mass is 16.5. The van der Waals surface area contributed by atoms with Crippen LogP contribution < -0.4 is 4.74 Å². The Balaban J connectivity index is 0.000000366. The van der Waals surface area contributed by atoms with Gasteiger partial charge in [0.2, 0.25) is 12.3 Å². The minimum absolute atomic E-state index is 0.306. The third kappa shape index (κ3) is 6.73. The zero-order chi connectivity index (χ0) is 26.4. The number of benzene rings is 1. The molecule has 0 atom stereocenters.